The SMILES string of the molecule is OC[C@@H]1C[C@H](F)CN1c1nccn2cnnc12. The number of hydrogen-bond acceptors (Lipinski definition) is 5. The van der Waals surface area contributed by atoms with Crippen LogP contribution in [-0.2, 0) is 0 Å². The van der Waals surface area contributed by atoms with E-state index in [4.69, 9.17) is 0 Å². The number of halogens is 1. The third-order valence-corrected chi connectivity index (χ3v) is 3.04. The van der Waals surface area contributed by atoms with Crippen molar-refractivity contribution in [2.45, 2.75) is 18.6 Å². The highest BCUT2D eigenvalue weighted by Gasteiger charge is 2.33. The highest BCUT2D eigenvalue weighted by molar-refractivity contribution is 5.64. The minimum absolute atomic E-state index is 0.0860. The van der Waals surface area contributed by atoms with Crippen LogP contribution in [0.5, 0.6) is 0 Å². The normalized spacial score (nSPS) is 24.7. The van der Waals surface area contributed by atoms with E-state index >= 15 is 0 Å². The number of anilines is 1. The molecule has 1 aliphatic rings. The fourth-order valence-electron chi connectivity index (χ4n) is 2.24. The average molecular weight is 237 g/mol. The van der Waals surface area contributed by atoms with Crippen LogP contribution in [0.25, 0.3) is 5.65 Å². The van der Waals surface area contributed by atoms with E-state index in [0.717, 1.165) is 0 Å². The van der Waals surface area contributed by atoms with E-state index in [1.807, 2.05) is 0 Å². The van der Waals surface area contributed by atoms with E-state index in [0.29, 0.717) is 17.9 Å². The second-order valence-corrected chi connectivity index (χ2v) is 4.13. The van der Waals surface area contributed by atoms with Crippen molar-refractivity contribution in [2.75, 3.05) is 18.1 Å². The summed E-state index contributed by atoms with van der Waals surface area (Å²) >= 11 is 0. The summed E-state index contributed by atoms with van der Waals surface area (Å²) < 4.78 is 15.1. The Hall–Kier alpha value is -1.76. The zero-order valence-electron chi connectivity index (χ0n) is 9.07. The molecule has 3 heterocycles. The lowest BCUT2D eigenvalue weighted by Crippen LogP contribution is -2.33. The number of nitrogens with zero attached hydrogens (tertiary/aromatic N) is 5. The highest BCUT2D eigenvalue weighted by atomic mass is 19.1. The third kappa shape index (κ3) is 1.62. The Labute approximate surface area is 96.7 Å². The standard InChI is InChI=1S/C10H12FN5O/c11-7-3-8(5-17)16(4-7)9-10-14-13-6-15(10)2-1-12-9/h1-2,6-8,17H,3-5H2/t7-,8-/m0/s1. The minimum Gasteiger partial charge on any atom is -0.394 e. The number of rotatable bonds is 2. The first-order chi connectivity index (χ1) is 8.29. The second-order valence-electron chi connectivity index (χ2n) is 4.13. The van der Waals surface area contributed by atoms with Crippen LogP contribution >= 0.6 is 0 Å². The van der Waals surface area contributed by atoms with E-state index in [1.165, 1.54) is 0 Å². The molecule has 0 bridgehead atoms. The molecule has 0 spiro atoms. The fraction of sp³-hybridized carbons (Fsp3) is 0.500. The van der Waals surface area contributed by atoms with Crippen LogP contribution in [0.4, 0.5) is 10.2 Å². The first-order valence-electron chi connectivity index (χ1n) is 5.45. The van der Waals surface area contributed by atoms with Gasteiger partial charge in [0.15, 0.2) is 5.82 Å². The summed E-state index contributed by atoms with van der Waals surface area (Å²) in [6, 6.07) is -0.236. The minimum atomic E-state index is -0.933. The Morgan fingerprint density at radius 2 is 2.41 bits per heavy atom. The number of alkyl halides is 1. The number of fused-ring (bicyclic) bond motifs is 1. The summed E-state index contributed by atoms with van der Waals surface area (Å²) in [7, 11) is 0. The van der Waals surface area contributed by atoms with Crippen molar-refractivity contribution < 1.29 is 9.50 Å². The van der Waals surface area contributed by atoms with Gasteiger partial charge < -0.3 is 10.0 Å². The van der Waals surface area contributed by atoms with Crippen LogP contribution in [0.3, 0.4) is 0 Å². The predicted molar refractivity (Wildman–Crippen MR) is 58.5 cm³/mol. The summed E-state index contributed by atoms with van der Waals surface area (Å²) in [5.74, 6) is 0.573. The van der Waals surface area contributed by atoms with Crippen molar-refractivity contribution in [1.29, 1.82) is 0 Å². The zero-order chi connectivity index (χ0) is 11.8. The van der Waals surface area contributed by atoms with E-state index in [1.54, 1.807) is 28.0 Å². The molecule has 90 valence electrons. The topological polar surface area (TPSA) is 66.5 Å². The molecule has 6 nitrogen and oxygen atoms in total. The maximum absolute atomic E-state index is 13.4. The lowest BCUT2D eigenvalue weighted by molar-refractivity contribution is 0.255. The first kappa shape index (κ1) is 10.4. The summed E-state index contributed by atoms with van der Waals surface area (Å²) in [4.78, 5) is 5.98. The van der Waals surface area contributed by atoms with Gasteiger partial charge in [-0.15, -0.1) is 10.2 Å². The van der Waals surface area contributed by atoms with Gasteiger partial charge in [0, 0.05) is 18.8 Å². The van der Waals surface area contributed by atoms with Gasteiger partial charge in [-0.2, -0.15) is 0 Å². The van der Waals surface area contributed by atoms with Gasteiger partial charge >= 0.3 is 0 Å². The average Bonchev–Trinajstić information content (AvgIpc) is 2.93. The van der Waals surface area contributed by atoms with Gasteiger partial charge in [-0.25, -0.2) is 9.37 Å². The van der Waals surface area contributed by atoms with Crippen LogP contribution in [0.1, 0.15) is 6.42 Å². The van der Waals surface area contributed by atoms with Gasteiger partial charge in [-0.3, -0.25) is 4.40 Å². The number of hydrogen-bond donors (Lipinski definition) is 1. The van der Waals surface area contributed by atoms with E-state index in [2.05, 4.69) is 15.2 Å². The highest BCUT2D eigenvalue weighted by Crippen LogP contribution is 2.27. The van der Waals surface area contributed by atoms with Crippen LogP contribution in [-0.4, -0.2) is 50.1 Å². The van der Waals surface area contributed by atoms with Gasteiger partial charge in [-0.05, 0) is 0 Å². The Bertz CT molecular complexity index is 530. The first-order valence-corrected chi connectivity index (χ1v) is 5.45. The Kier molecular flexibility index (Phi) is 2.40. The quantitative estimate of drug-likeness (QED) is 0.798. The molecular weight excluding hydrogens is 225 g/mol. The molecule has 1 aliphatic heterocycles. The van der Waals surface area contributed by atoms with Crippen LogP contribution in [0.2, 0.25) is 0 Å². The molecule has 2 aromatic rings. The van der Waals surface area contributed by atoms with E-state index < -0.39 is 6.17 Å². The van der Waals surface area contributed by atoms with E-state index in [-0.39, 0.29) is 19.2 Å². The maximum atomic E-state index is 13.4. The lowest BCUT2D eigenvalue weighted by Gasteiger charge is -2.23. The second kappa shape index (κ2) is 3.92. The molecule has 0 radical (unpaired) electrons. The third-order valence-electron chi connectivity index (χ3n) is 3.04. The molecule has 2 aromatic heterocycles. The molecular formula is C10H12FN5O. The fourth-order valence-corrected chi connectivity index (χ4v) is 2.24. The van der Waals surface area contributed by atoms with Crippen molar-refractivity contribution >= 4 is 11.5 Å². The summed E-state index contributed by atoms with van der Waals surface area (Å²) in [5, 5.41) is 17.0. The van der Waals surface area contributed by atoms with Crippen LogP contribution in [0.15, 0.2) is 18.7 Å². The molecule has 1 N–H and O–H groups in total. The van der Waals surface area contributed by atoms with Gasteiger partial charge in [0.1, 0.15) is 12.5 Å². The molecule has 1 fully saturated rings. The lowest BCUT2D eigenvalue weighted by atomic mass is 10.2. The van der Waals surface area contributed by atoms with Crippen molar-refractivity contribution in [1.82, 2.24) is 19.6 Å². The predicted octanol–water partition coefficient (Wildman–Crippen LogP) is 0.0334. The number of aromatic nitrogens is 4. The molecule has 3 rings (SSSR count). The molecule has 0 saturated carbocycles. The molecule has 2 atom stereocenters. The Morgan fingerprint density at radius 1 is 1.53 bits per heavy atom. The molecule has 7 heteroatoms. The van der Waals surface area contributed by atoms with Crippen molar-refractivity contribution in [3.05, 3.63) is 18.7 Å². The molecule has 17 heavy (non-hydrogen) atoms. The van der Waals surface area contributed by atoms with Crippen molar-refractivity contribution in [2.24, 2.45) is 0 Å². The van der Waals surface area contributed by atoms with Crippen LogP contribution < -0.4 is 4.90 Å². The smallest absolute Gasteiger partial charge is 0.203 e. The van der Waals surface area contributed by atoms with Gasteiger partial charge in [0.25, 0.3) is 0 Å². The molecule has 0 aliphatic carbocycles. The number of aliphatic hydroxyl groups excluding tert-OH is 1. The maximum Gasteiger partial charge on any atom is 0.203 e. The van der Waals surface area contributed by atoms with Gasteiger partial charge in [0.2, 0.25) is 5.65 Å². The zero-order valence-corrected chi connectivity index (χ0v) is 9.07. The summed E-state index contributed by atoms with van der Waals surface area (Å²) in [5.41, 5.74) is 0.583. The monoisotopic (exact) mass is 237 g/mol. The Morgan fingerprint density at radius 3 is 3.24 bits per heavy atom. The van der Waals surface area contributed by atoms with Crippen molar-refractivity contribution in [3.8, 4) is 0 Å². The van der Waals surface area contributed by atoms with Gasteiger partial charge in [-0.1, -0.05) is 0 Å². The molecule has 1 saturated heterocycles. The molecule has 0 unspecified atom stereocenters. The van der Waals surface area contributed by atoms with E-state index in [9.17, 15) is 9.50 Å². The number of aliphatic hydroxyl groups is 1. The van der Waals surface area contributed by atoms with Crippen LogP contribution in [0, 0.1) is 0 Å². The summed E-state index contributed by atoms with van der Waals surface area (Å²) in [6.07, 6.45) is 4.31. The Balaban J connectivity index is 2.05. The van der Waals surface area contributed by atoms with Gasteiger partial charge in [0.05, 0.1) is 19.2 Å². The molecule has 0 amide bonds. The molecule has 0 aromatic carbocycles. The summed E-state index contributed by atoms with van der Waals surface area (Å²) in [6.45, 7) is 0.155. The van der Waals surface area contributed by atoms with Crippen molar-refractivity contribution in [3.63, 3.8) is 0 Å². The largest absolute Gasteiger partial charge is 0.394 e.